The second-order valence-electron chi connectivity index (χ2n) is 8.02. The Labute approximate surface area is 195 Å². The molecule has 2 N–H and O–H groups in total. The zero-order valence-corrected chi connectivity index (χ0v) is 19.6. The standard InChI is InChI=1S/C25H33N3O5/c1-31-21-7-5-4-6-18(21)10-13-26-25(30)19-11-14-28(15-12-19)17-24(29)27-20-8-9-22(32-2)23(16-20)33-3/h4-9,16,19H,10-15,17H2,1-3H3,(H,26,30)(H,27,29). The summed E-state index contributed by atoms with van der Waals surface area (Å²) in [6.07, 6.45) is 2.21. The number of rotatable bonds is 10. The van der Waals surface area contributed by atoms with Gasteiger partial charge in [0.1, 0.15) is 5.75 Å². The largest absolute Gasteiger partial charge is 0.496 e. The fourth-order valence-corrected chi connectivity index (χ4v) is 4.05. The molecule has 1 heterocycles. The predicted molar refractivity (Wildman–Crippen MR) is 127 cm³/mol. The van der Waals surface area contributed by atoms with Crippen molar-refractivity contribution in [2.75, 3.05) is 52.8 Å². The molecule has 2 aromatic carbocycles. The summed E-state index contributed by atoms with van der Waals surface area (Å²) in [6.45, 7) is 2.29. The molecule has 0 radical (unpaired) electrons. The summed E-state index contributed by atoms with van der Waals surface area (Å²) in [7, 11) is 4.78. The van der Waals surface area contributed by atoms with Gasteiger partial charge in [-0.2, -0.15) is 0 Å². The molecule has 1 saturated heterocycles. The van der Waals surface area contributed by atoms with Gasteiger partial charge < -0.3 is 24.8 Å². The molecule has 1 aliphatic rings. The number of carbonyl (C=O) groups excluding carboxylic acids is 2. The van der Waals surface area contributed by atoms with E-state index >= 15 is 0 Å². The molecule has 33 heavy (non-hydrogen) atoms. The van der Waals surface area contributed by atoms with Crippen LogP contribution in [0.2, 0.25) is 0 Å². The first kappa shape index (κ1) is 24.4. The first-order valence-electron chi connectivity index (χ1n) is 11.2. The van der Waals surface area contributed by atoms with Crippen molar-refractivity contribution in [1.82, 2.24) is 10.2 Å². The van der Waals surface area contributed by atoms with E-state index in [4.69, 9.17) is 14.2 Å². The van der Waals surface area contributed by atoms with E-state index in [9.17, 15) is 9.59 Å². The van der Waals surface area contributed by atoms with Gasteiger partial charge in [0.15, 0.2) is 11.5 Å². The van der Waals surface area contributed by atoms with Gasteiger partial charge in [-0.1, -0.05) is 18.2 Å². The lowest BCUT2D eigenvalue weighted by atomic mass is 9.96. The third kappa shape index (κ3) is 6.86. The number of nitrogens with one attached hydrogen (secondary N) is 2. The third-order valence-electron chi connectivity index (χ3n) is 5.88. The lowest BCUT2D eigenvalue weighted by molar-refractivity contribution is -0.126. The van der Waals surface area contributed by atoms with Crippen LogP contribution in [0.15, 0.2) is 42.5 Å². The first-order valence-corrected chi connectivity index (χ1v) is 11.2. The molecule has 0 atom stereocenters. The summed E-state index contributed by atoms with van der Waals surface area (Å²) < 4.78 is 15.9. The molecular weight excluding hydrogens is 422 g/mol. The Morgan fingerprint density at radius 1 is 0.939 bits per heavy atom. The summed E-state index contributed by atoms with van der Waals surface area (Å²) in [4.78, 5) is 27.1. The van der Waals surface area contributed by atoms with Crippen molar-refractivity contribution in [2.24, 2.45) is 5.92 Å². The topological polar surface area (TPSA) is 89.1 Å². The molecule has 8 heteroatoms. The number of amides is 2. The fourth-order valence-electron chi connectivity index (χ4n) is 4.05. The van der Waals surface area contributed by atoms with Gasteiger partial charge in [-0.3, -0.25) is 14.5 Å². The number of ether oxygens (including phenoxy) is 3. The Balaban J connectivity index is 1.39. The van der Waals surface area contributed by atoms with Crippen molar-refractivity contribution in [3.05, 3.63) is 48.0 Å². The average Bonchev–Trinajstić information content (AvgIpc) is 2.84. The number of hydrogen-bond donors (Lipinski definition) is 2. The van der Waals surface area contributed by atoms with Crippen LogP contribution < -0.4 is 24.8 Å². The molecule has 0 unspecified atom stereocenters. The third-order valence-corrected chi connectivity index (χ3v) is 5.88. The Kier molecular flexibility index (Phi) is 8.95. The van der Waals surface area contributed by atoms with E-state index in [1.807, 2.05) is 24.3 Å². The van der Waals surface area contributed by atoms with E-state index in [2.05, 4.69) is 15.5 Å². The van der Waals surface area contributed by atoms with Gasteiger partial charge in [0.25, 0.3) is 0 Å². The second kappa shape index (κ2) is 12.1. The van der Waals surface area contributed by atoms with Crippen LogP contribution in [0.4, 0.5) is 5.69 Å². The van der Waals surface area contributed by atoms with Crippen LogP contribution in [0.25, 0.3) is 0 Å². The maximum atomic E-state index is 12.6. The van der Waals surface area contributed by atoms with Crippen LogP contribution in [0, 0.1) is 5.92 Å². The van der Waals surface area contributed by atoms with Gasteiger partial charge >= 0.3 is 0 Å². The highest BCUT2D eigenvalue weighted by atomic mass is 16.5. The van der Waals surface area contributed by atoms with E-state index in [-0.39, 0.29) is 24.3 Å². The molecule has 1 fully saturated rings. The normalized spacial score (nSPS) is 14.4. The zero-order valence-electron chi connectivity index (χ0n) is 19.6. The summed E-state index contributed by atoms with van der Waals surface area (Å²) in [5.41, 5.74) is 1.73. The Bertz CT molecular complexity index is 941. The van der Waals surface area contributed by atoms with E-state index in [1.165, 1.54) is 0 Å². The molecule has 0 spiro atoms. The second-order valence-corrected chi connectivity index (χ2v) is 8.02. The van der Waals surface area contributed by atoms with E-state index in [1.54, 1.807) is 39.5 Å². The quantitative estimate of drug-likeness (QED) is 0.573. The molecule has 1 aliphatic heterocycles. The maximum absolute atomic E-state index is 12.6. The molecule has 8 nitrogen and oxygen atoms in total. The van der Waals surface area contributed by atoms with Crippen LogP contribution in [0.3, 0.4) is 0 Å². The number of anilines is 1. The van der Waals surface area contributed by atoms with Crippen LogP contribution in [-0.4, -0.2) is 64.2 Å². The van der Waals surface area contributed by atoms with Crippen molar-refractivity contribution < 1.29 is 23.8 Å². The van der Waals surface area contributed by atoms with Crippen molar-refractivity contribution >= 4 is 17.5 Å². The number of nitrogens with zero attached hydrogens (tertiary/aromatic N) is 1. The maximum Gasteiger partial charge on any atom is 0.238 e. The molecular formula is C25H33N3O5. The fraction of sp³-hybridized carbons (Fsp3) is 0.440. The number of carbonyl (C=O) groups is 2. The minimum absolute atomic E-state index is 0.0205. The number of piperidine rings is 1. The molecule has 2 aromatic rings. The smallest absolute Gasteiger partial charge is 0.238 e. The minimum Gasteiger partial charge on any atom is -0.496 e. The van der Waals surface area contributed by atoms with E-state index in [0.717, 1.165) is 30.6 Å². The molecule has 3 rings (SSSR count). The Morgan fingerprint density at radius 2 is 1.64 bits per heavy atom. The number of likely N-dealkylation sites (tertiary alicyclic amines) is 1. The lowest BCUT2D eigenvalue weighted by Crippen LogP contribution is -2.43. The number of benzene rings is 2. The lowest BCUT2D eigenvalue weighted by Gasteiger charge is -2.30. The van der Waals surface area contributed by atoms with Gasteiger partial charge in [0.05, 0.1) is 27.9 Å². The highest BCUT2D eigenvalue weighted by molar-refractivity contribution is 5.92. The molecule has 2 amide bonds. The van der Waals surface area contributed by atoms with E-state index in [0.29, 0.717) is 36.8 Å². The van der Waals surface area contributed by atoms with Crippen molar-refractivity contribution in [3.63, 3.8) is 0 Å². The predicted octanol–water partition coefficient (Wildman–Crippen LogP) is 2.72. The summed E-state index contributed by atoms with van der Waals surface area (Å²) in [6, 6.07) is 13.1. The first-order chi connectivity index (χ1) is 16.0. The monoisotopic (exact) mass is 455 g/mol. The minimum atomic E-state index is -0.0954. The number of para-hydroxylation sites is 1. The summed E-state index contributed by atoms with van der Waals surface area (Å²) >= 11 is 0. The Morgan fingerprint density at radius 3 is 2.33 bits per heavy atom. The summed E-state index contributed by atoms with van der Waals surface area (Å²) in [5, 5.41) is 5.94. The van der Waals surface area contributed by atoms with Crippen LogP contribution in [0.1, 0.15) is 18.4 Å². The number of methoxy groups -OCH3 is 3. The molecule has 178 valence electrons. The van der Waals surface area contributed by atoms with E-state index < -0.39 is 0 Å². The van der Waals surface area contributed by atoms with Gasteiger partial charge in [0, 0.05) is 24.2 Å². The SMILES string of the molecule is COc1ccccc1CCNC(=O)C1CCN(CC(=O)Nc2ccc(OC)c(OC)c2)CC1. The highest BCUT2D eigenvalue weighted by Gasteiger charge is 2.25. The highest BCUT2D eigenvalue weighted by Crippen LogP contribution is 2.29. The van der Waals surface area contributed by atoms with Gasteiger partial charge in [-0.15, -0.1) is 0 Å². The molecule has 0 aromatic heterocycles. The Hall–Kier alpha value is -3.26. The number of hydrogen-bond acceptors (Lipinski definition) is 6. The van der Waals surface area contributed by atoms with Crippen molar-refractivity contribution in [3.8, 4) is 17.2 Å². The van der Waals surface area contributed by atoms with Gasteiger partial charge in [0.2, 0.25) is 11.8 Å². The van der Waals surface area contributed by atoms with Crippen molar-refractivity contribution in [2.45, 2.75) is 19.3 Å². The van der Waals surface area contributed by atoms with Crippen molar-refractivity contribution in [1.29, 1.82) is 0 Å². The van der Waals surface area contributed by atoms with Crippen LogP contribution >= 0.6 is 0 Å². The molecule has 0 saturated carbocycles. The average molecular weight is 456 g/mol. The molecule has 0 bridgehead atoms. The zero-order chi connectivity index (χ0) is 23.6. The summed E-state index contributed by atoms with van der Waals surface area (Å²) in [5.74, 6) is 1.98. The molecule has 0 aliphatic carbocycles. The van der Waals surface area contributed by atoms with Crippen LogP contribution in [0.5, 0.6) is 17.2 Å². The van der Waals surface area contributed by atoms with Crippen LogP contribution in [-0.2, 0) is 16.0 Å². The van der Waals surface area contributed by atoms with Gasteiger partial charge in [-0.05, 0) is 56.1 Å². The van der Waals surface area contributed by atoms with Gasteiger partial charge in [-0.25, -0.2) is 0 Å².